The Hall–Kier alpha value is -1.02. The molecule has 0 fully saturated rings. The Morgan fingerprint density at radius 2 is 2.00 bits per heavy atom. The summed E-state index contributed by atoms with van der Waals surface area (Å²) in [5.74, 6) is 0.745. The van der Waals surface area contributed by atoms with Gasteiger partial charge >= 0.3 is 0 Å². The van der Waals surface area contributed by atoms with Crippen molar-refractivity contribution in [1.82, 2.24) is 10.2 Å². The van der Waals surface area contributed by atoms with Gasteiger partial charge in [0.05, 0.1) is 5.25 Å². The topological polar surface area (TPSA) is 54.9 Å². The monoisotopic (exact) mass is 385 g/mol. The number of benzene rings is 1. The van der Waals surface area contributed by atoms with E-state index in [9.17, 15) is 4.79 Å². The number of carbonyl (C=O) groups is 1. The van der Waals surface area contributed by atoms with Gasteiger partial charge in [-0.3, -0.25) is 4.79 Å². The first-order valence-corrected chi connectivity index (χ1v) is 9.84. The number of hydrogen-bond donors (Lipinski definition) is 1. The van der Waals surface area contributed by atoms with Gasteiger partial charge in [-0.25, -0.2) is 0 Å². The molecule has 0 unspecified atom stereocenters. The molecule has 2 rings (SSSR count). The third kappa shape index (κ3) is 6.18. The van der Waals surface area contributed by atoms with Gasteiger partial charge in [0.15, 0.2) is 8.68 Å². The lowest BCUT2D eigenvalue weighted by atomic mass is 10.3. The number of nitrogens with one attached hydrogen (secondary N) is 1. The van der Waals surface area contributed by atoms with Crippen LogP contribution in [0.4, 0.5) is 5.69 Å². The van der Waals surface area contributed by atoms with Gasteiger partial charge in [0.25, 0.3) is 0 Å². The molecular weight excluding hydrogens is 370 g/mol. The molecule has 1 aromatic carbocycles. The number of carbonyl (C=O) groups excluding carboxylic acids is 1. The maximum absolute atomic E-state index is 12.2. The summed E-state index contributed by atoms with van der Waals surface area (Å²) < 4.78 is 1.67. The van der Waals surface area contributed by atoms with Crippen molar-refractivity contribution in [3.63, 3.8) is 0 Å². The molecule has 0 radical (unpaired) electrons. The van der Waals surface area contributed by atoms with Crippen molar-refractivity contribution in [2.24, 2.45) is 0 Å². The SMILES string of the molecule is C=C(C)CSc1nnc(S[C@H](C)C(=O)Nc2ccc(Cl)cc2)s1. The van der Waals surface area contributed by atoms with Gasteiger partial charge in [-0.2, -0.15) is 0 Å². The summed E-state index contributed by atoms with van der Waals surface area (Å²) in [6, 6.07) is 7.03. The maximum Gasteiger partial charge on any atom is 0.237 e. The van der Waals surface area contributed by atoms with E-state index in [4.69, 9.17) is 11.6 Å². The van der Waals surface area contributed by atoms with Crippen LogP contribution in [0.15, 0.2) is 45.1 Å². The van der Waals surface area contributed by atoms with Gasteiger partial charge in [0, 0.05) is 16.5 Å². The molecule has 1 heterocycles. The summed E-state index contributed by atoms with van der Waals surface area (Å²) >= 11 is 10.3. The van der Waals surface area contributed by atoms with Crippen molar-refractivity contribution in [3.8, 4) is 0 Å². The average molecular weight is 386 g/mol. The summed E-state index contributed by atoms with van der Waals surface area (Å²) in [6.07, 6.45) is 0. The van der Waals surface area contributed by atoms with Crippen molar-refractivity contribution < 1.29 is 4.79 Å². The van der Waals surface area contributed by atoms with Crippen LogP contribution in [0.2, 0.25) is 5.02 Å². The summed E-state index contributed by atoms with van der Waals surface area (Å²) in [6.45, 7) is 7.69. The molecule has 0 spiro atoms. The second kappa shape index (κ2) is 8.73. The van der Waals surface area contributed by atoms with E-state index in [-0.39, 0.29) is 11.2 Å². The minimum Gasteiger partial charge on any atom is -0.325 e. The molecule has 0 saturated heterocycles. The quantitative estimate of drug-likeness (QED) is 0.538. The van der Waals surface area contributed by atoms with E-state index in [0.717, 1.165) is 25.7 Å². The van der Waals surface area contributed by atoms with Crippen LogP contribution in [0.1, 0.15) is 13.8 Å². The van der Waals surface area contributed by atoms with Crippen LogP contribution in [0.3, 0.4) is 0 Å². The molecule has 0 aliphatic heterocycles. The molecule has 0 aliphatic rings. The van der Waals surface area contributed by atoms with Crippen molar-refractivity contribution in [3.05, 3.63) is 41.4 Å². The zero-order valence-electron chi connectivity index (χ0n) is 12.7. The van der Waals surface area contributed by atoms with E-state index < -0.39 is 0 Å². The van der Waals surface area contributed by atoms with Crippen LogP contribution in [0.25, 0.3) is 0 Å². The predicted octanol–water partition coefficient (Wildman–Crippen LogP) is 4.98. The number of hydrogen-bond acceptors (Lipinski definition) is 6. The standard InChI is InChI=1S/C15H16ClN3OS3/c1-9(2)8-21-14-18-19-15(23-14)22-10(3)13(20)17-12-6-4-11(16)5-7-12/h4-7,10H,1,8H2,2-3H3,(H,17,20)/t10-/m1/s1. The molecule has 1 atom stereocenters. The highest BCUT2D eigenvalue weighted by molar-refractivity contribution is 8.04. The zero-order valence-corrected chi connectivity index (χ0v) is 15.9. The molecule has 122 valence electrons. The highest BCUT2D eigenvalue weighted by atomic mass is 35.5. The molecule has 0 bridgehead atoms. The summed E-state index contributed by atoms with van der Waals surface area (Å²) in [5, 5.41) is 11.5. The Bertz CT molecular complexity index is 688. The first-order valence-electron chi connectivity index (χ1n) is 6.78. The molecule has 1 amide bonds. The van der Waals surface area contributed by atoms with Gasteiger partial charge in [-0.1, -0.05) is 58.6 Å². The Balaban J connectivity index is 1.88. The predicted molar refractivity (Wildman–Crippen MR) is 101 cm³/mol. The molecule has 8 heteroatoms. The fourth-order valence-electron chi connectivity index (χ4n) is 1.47. The first-order chi connectivity index (χ1) is 10.9. The van der Waals surface area contributed by atoms with E-state index in [0.29, 0.717) is 5.02 Å². The van der Waals surface area contributed by atoms with Crippen LogP contribution in [-0.4, -0.2) is 27.1 Å². The third-order valence-electron chi connectivity index (χ3n) is 2.59. The number of halogens is 1. The molecule has 23 heavy (non-hydrogen) atoms. The van der Waals surface area contributed by atoms with E-state index in [1.54, 1.807) is 36.0 Å². The molecule has 2 aromatic rings. The van der Waals surface area contributed by atoms with E-state index in [1.807, 2.05) is 13.8 Å². The first kappa shape index (κ1) is 18.3. The number of aromatic nitrogens is 2. The summed E-state index contributed by atoms with van der Waals surface area (Å²) in [5.41, 5.74) is 1.82. The fourth-order valence-corrected chi connectivity index (χ4v) is 4.60. The van der Waals surface area contributed by atoms with Gasteiger partial charge < -0.3 is 5.32 Å². The van der Waals surface area contributed by atoms with Gasteiger partial charge in [0.1, 0.15) is 0 Å². The van der Waals surface area contributed by atoms with Crippen LogP contribution >= 0.6 is 46.5 Å². The Morgan fingerprint density at radius 1 is 1.35 bits per heavy atom. The molecular formula is C15H16ClN3OS3. The summed E-state index contributed by atoms with van der Waals surface area (Å²) in [4.78, 5) is 12.2. The van der Waals surface area contributed by atoms with Gasteiger partial charge in [-0.05, 0) is 38.1 Å². The van der Waals surface area contributed by atoms with Crippen molar-refractivity contribution in [2.45, 2.75) is 27.8 Å². The van der Waals surface area contributed by atoms with Crippen molar-refractivity contribution in [2.75, 3.05) is 11.1 Å². The minimum atomic E-state index is -0.266. The fraction of sp³-hybridized carbons (Fsp3) is 0.267. The van der Waals surface area contributed by atoms with Gasteiger partial charge in [-0.15, -0.1) is 10.2 Å². The summed E-state index contributed by atoms with van der Waals surface area (Å²) in [7, 11) is 0. The second-order valence-corrected chi connectivity index (χ2v) is 9.06. The van der Waals surface area contributed by atoms with Crippen molar-refractivity contribution >= 4 is 58.1 Å². The number of amides is 1. The largest absolute Gasteiger partial charge is 0.325 e. The van der Waals surface area contributed by atoms with Crippen LogP contribution in [-0.2, 0) is 4.79 Å². The van der Waals surface area contributed by atoms with Gasteiger partial charge in [0.2, 0.25) is 5.91 Å². The van der Waals surface area contributed by atoms with Crippen LogP contribution in [0.5, 0.6) is 0 Å². The van der Waals surface area contributed by atoms with Crippen LogP contribution < -0.4 is 5.32 Å². The van der Waals surface area contributed by atoms with E-state index >= 15 is 0 Å². The second-order valence-electron chi connectivity index (χ2n) is 4.84. The Morgan fingerprint density at radius 3 is 2.65 bits per heavy atom. The molecule has 0 aliphatic carbocycles. The van der Waals surface area contributed by atoms with E-state index in [2.05, 4.69) is 22.1 Å². The highest BCUT2D eigenvalue weighted by Crippen LogP contribution is 2.32. The number of thioether (sulfide) groups is 2. The van der Waals surface area contributed by atoms with E-state index in [1.165, 1.54) is 23.1 Å². The lowest BCUT2D eigenvalue weighted by molar-refractivity contribution is -0.115. The maximum atomic E-state index is 12.2. The number of rotatable bonds is 7. The normalized spacial score (nSPS) is 12.0. The molecule has 1 N–H and O–H groups in total. The third-order valence-corrected chi connectivity index (χ3v) is 6.31. The lowest BCUT2D eigenvalue weighted by Gasteiger charge is -2.10. The smallest absolute Gasteiger partial charge is 0.237 e. The molecule has 4 nitrogen and oxygen atoms in total. The number of nitrogens with zero attached hydrogens (tertiary/aromatic N) is 2. The minimum absolute atomic E-state index is 0.0799. The molecule has 1 aromatic heterocycles. The lowest BCUT2D eigenvalue weighted by Crippen LogP contribution is -2.22. The Labute approximate surface area is 153 Å². The highest BCUT2D eigenvalue weighted by Gasteiger charge is 2.17. The van der Waals surface area contributed by atoms with Crippen molar-refractivity contribution in [1.29, 1.82) is 0 Å². The zero-order chi connectivity index (χ0) is 16.8. The van der Waals surface area contributed by atoms with Crippen LogP contribution in [0, 0.1) is 0 Å². The average Bonchev–Trinajstić information content (AvgIpc) is 2.95. The Kier molecular flexibility index (Phi) is 6.95. The molecule has 0 saturated carbocycles. The number of anilines is 1.